The van der Waals surface area contributed by atoms with Crippen LogP contribution in [0.2, 0.25) is 10.0 Å². The molecule has 3 N–H and O–H groups in total. The Morgan fingerprint density at radius 3 is 2.49 bits per heavy atom. The zero-order valence-corrected chi connectivity index (χ0v) is 21.1. The highest BCUT2D eigenvalue weighted by Crippen LogP contribution is 2.38. The molecule has 0 atom stereocenters. The predicted molar refractivity (Wildman–Crippen MR) is 148 cm³/mol. The van der Waals surface area contributed by atoms with Crippen LogP contribution in [0.15, 0.2) is 54.6 Å². The molecule has 1 aliphatic rings. The molecule has 0 spiro atoms. The lowest BCUT2D eigenvalue weighted by Crippen LogP contribution is -2.44. The average Bonchev–Trinajstić information content (AvgIpc) is 3.49. The van der Waals surface area contributed by atoms with Gasteiger partial charge in [0.05, 0.1) is 26.8 Å². The van der Waals surface area contributed by atoms with E-state index in [1.54, 1.807) is 0 Å². The van der Waals surface area contributed by atoms with Crippen LogP contribution in [-0.4, -0.2) is 60.1 Å². The van der Waals surface area contributed by atoms with E-state index in [1.165, 1.54) is 11.1 Å². The van der Waals surface area contributed by atoms with Crippen LogP contribution in [0.25, 0.3) is 44.6 Å². The number of imidazole rings is 1. The van der Waals surface area contributed by atoms with Gasteiger partial charge in [-0.15, -0.1) is 0 Å². The summed E-state index contributed by atoms with van der Waals surface area (Å²) in [5.41, 5.74) is 7.97. The Hall–Kier alpha value is -3.19. The van der Waals surface area contributed by atoms with Gasteiger partial charge >= 0.3 is 0 Å². The van der Waals surface area contributed by atoms with E-state index in [9.17, 15) is 0 Å². The fourth-order valence-electron chi connectivity index (χ4n) is 4.76. The standard InChI is InChI=1S/C27H26Cl2N6/c1-30-21-8-6-19(25(28)26(21)29)27-32-20-7-4-17(14-24(20)33-27)22-13-16-3-5-18(15-23(16)31-22)35-11-9-34(2)10-12-35/h3-8,13-15,30-31H,9-12H2,1-2H3,(H,32,33). The molecule has 178 valence electrons. The van der Waals surface area contributed by atoms with E-state index in [0.29, 0.717) is 15.9 Å². The third-order valence-corrected chi connectivity index (χ3v) is 7.76. The van der Waals surface area contributed by atoms with E-state index < -0.39 is 0 Å². The zero-order chi connectivity index (χ0) is 24.1. The highest BCUT2D eigenvalue weighted by molar-refractivity contribution is 6.45. The number of nitrogens with one attached hydrogen (secondary N) is 3. The molecule has 1 aliphatic heterocycles. The monoisotopic (exact) mass is 504 g/mol. The van der Waals surface area contributed by atoms with Crippen LogP contribution in [0.1, 0.15) is 0 Å². The third-order valence-electron chi connectivity index (χ3n) is 6.87. The number of fused-ring (bicyclic) bond motifs is 2. The number of H-pyrrole nitrogens is 2. The van der Waals surface area contributed by atoms with Crippen molar-refractivity contribution in [3.05, 3.63) is 64.6 Å². The second-order valence-corrected chi connectivity index (χ2v) is 9.86. The minimum Gasteiger partial charge on any atom is -0.387 e. The summed E-state index contributed by atoms with van der Waals surface area (Å²) >= 11 is 13.0. The first kappa shape index (κ1) is 22.3. The average molecular weight is 505 g/mol. The van der Waals surface area contributed by atoms with Gasteiger partial charge in [0.25, 0.3) is 0 Å². The van der Waals surface area contributed by atoms with Crippen molar-refractivity contribution in [2.75, 3.05) is 50.5 Å². The Balaban J connectivity index is 1.33. The van der Waals surface area contributed by atoms with Gasteiger partial charge in [0.2, 0.25) is 0 Å². The maximum Gasteiger partial charge on any atom is 0.140 e. The summed E-state index contributed by atoms with van der Waals surface area (Å²) < 4.78 is 0. The first-order chi connectivity index (χ1) is 17.0. The van der Waals surface area contributed by atoms with Crippen molar-refractivity contribution >= 4 is 56.5 Å². The molecule has 0 radical (unpaired) electrons. The van der Waals surface area contributed by atoms with Crippen molar-refractivity contribution in [1.82, 2.24) is 19.9 Å². The fraction of sp³-hybridized carbons (Fsp3) is 0.222. The van der Waals surface area contributed by atoms with Crippen molar-refractivity contribution in [1.29, 1.82) is 0 Å². The summed E-state index contributed by atoms with van der Waals surface area (Å²) in [6.45, 7) is 4.30. The lowest BCUT2D eigenvalue weighted by molar-refractivity contribution is 0.313. The molecule has 0 bridgehead atoms. The molecule has 8 heteroatoms. The van der Waals surface area contributed by atoms with Crippen LogP contribution in [0.5, 0.6) is 0 Å². The number of piperazine rings is 1. The molecule has 0 unspecified atom stereocenters. The summed E-state index contributed by atoms with van der Waals surface area (Å²) in [4.78, 5) is 16.6. The number of anilines is 2. The summed E-state index contributed by atoms with van der Waals surface area (Å²) in [5.74, 6) is 0.695. The van der Waals surface area contributed by atoms with Crippen molar-refractivity contribution in [2.45, 2.75) is 0 Å². The number of hydrogen-bond acceptors (Lipinski definition) is 4. The normalized spacial score (nSPS) is 14.8. The first-order valence-electron chi connectivity index (χ1n) is 11.7. The molecule has 1 fully saturated rings. The van der Waals surface area contributed by atoms with Gasteiger partial charge in [-0.3, -0.25) is 0 Å². The molecule has 1 saturated heterocycles. The maximum absolute atomic E-state index is 6.54. The van der Waals surface area contributed by atoms with E-state index in [-0.39, 0.29) is 0 Å². The second-order valence-electron chi connectivity index (χ2n) is 9.10. The number of rotatable bonds is 4. The van der Waals surface area contributed by atoms with Crippen molar-refractivity contribution < 1.29 is 0 Å². The molecule has 35 heavy (non-hydrogen) atoms. The Kier molecular flexibility index (Phi) is 5.60. The minimum absolute atomic E-state index is 0.476. The van der Waals surface area contributed by atoms with Gasteiger partial charge in [-0.1, -0.05) is 35.3 Å². The summed E-state index contributed by atoms with van der Waals surface area (Å²) in [7, 11) is 4.00. The number of halogens is 2. The number of benzene rings is 3. The first-order valence-corrected chi connectivity index (χ1v) is 12.5. The van der Waals surface area contributed by atoms with Crippen molar-refractivity contribution in [3.63, 3.8) is 0 Å². The minimum atomic E-state index is 0.476. The zero-order valence-electron chi connectivity index (χ0n) is 19.6. The fourth-order valence-corrected chi connectivity index (χ4v) is 5.28. The van der Waals surface area contributed by atoms with Gasteiger partial charge in [0.15, 0.2) is 0 Å². The molecule has 0 saturated carbocycles. The van der Waals surface area contributed by atoms with Crippen LogP contribution in [-0.2, 0) is 0 Å². The molecule has 0 aliphatic carbocycles. The molecule has 3 aromatic carbocycles. The van der Waals surface area contributed by atoms with Gasteiger partial charge in [0, 0.05) is 66.6 Å². The molecule has 6 nitrogen and oxygen atoms in total. The summed E-state index contributed by atoms with van der Waals surface area (Å²) in [6.07, 6.45) is 0. The van der Waals surface area contributed by atoms with E-state index >= 15 is 0 Å². The lowest BCUT2D eigenvalue weighted by atomic mass is 10.1. The quantitative estimate of drug-likeness (QED) is 0.262. The molecule has 6 rings (SSSR count). The SMILES string of the molecule is CNc1ccc(-c2nc3ccc(-c4cc5ccc(N6CCN(C)CC6)cc5[nH]4)cc3[nH]2)c(Cl)c1Cl. The van der Waals surface area contributed by atoms with Gasteiger partial charge in [0.1, 0.15) is 5.82 Å². The van der Waals surface area contributed by atoms with Crippen LogP contribution in [0.3, 0.4) is 0 Å². The highest BCUT2D eigenvalue weighted by Gasteiger charge is 2.17. The van der Waals surface area contributed by atoms with Crippen molar-refractivity contribution in [2.24, 2.45) is 0 Å². The Morgan fingerprint density at radius 1 is 0.857 bits per heavy atom. The summed E-state index contributed by atoms with van der Waals surface area (Å²) in [5, 5.41) is 5.21. The molecule has 5 aromatic rings. The summed E-state index contributed by atoms with van der Waals surface area (Å²) in [6, 6.07) is 19.0. The van der Waals surface area contributed by atoms with E-state index in [0.717, 1.165) is 65.2 Å². The van der Waals surface area contributed by atoms with Crippen LogP contribution in [0.4, 0.5) is 11.4 Å². The lowest BCUT2D eigenvalue weighted by Gasteiger charge is -2.34. The molecular weight excluding hydrogens is 479 g/mol. The Labute approximate surface area is 213 Å². The third kappa shape index (κ3) is 4.01. The van der Waals surface area contributed by atoms with Gasteiger partial charge in [-0.05, 0) is 49.5 Å². The van der Waals surface area contributed by atoms with Crippen LogP contribution >= 0.6 is 23.2 Å². The number of hydrogen-bond donors (Lipinski definition) is 3. The van der Waals surface area contributed by atoms with E-state index in [1.807, 2.05) is 25.2 Å². The Morgan fingerprint density at radius 2 is 1.69 bits per heavy atom. The predicted octanol–water partition coefficient (Wildman–Crippen LogP) is 6.48. The smallest absolute Gasteiger partial charge is 0.140 e. The number of likely N-dealkylation sites (N-methyl/N-ethyl adjacent to an activating group) is 1. The molecular formula is C27H26Cl2N6. The molecule has 2 aromatic heterocycles. The van der Waals surface area contributed by atoms with E-state index in [4.69, 9.17) is 28.2 Å². The van der Waals surface area contributed by atoms with Crippen LogP contribution in [0, 0.1) is 0 Å². The second kappa shape index (κ2) is 8.79. The number of aromatic nitrogens is 3. The van der Waals surface area contributed by atoms with Crippen LogP contribution < -0.4 is 10.2 Å². The van der Waals surface area contributed by atoms with E-state index in [2.05, 4.69) is 68.5 Å². The number of nitrogens with zero attached hydrogens (tertiary/aromatic N) is 3. The topological polar surface area (TPSA) is 63.0 Å². The largest absolute Gasteiger partial charge is 0.387 e. The maximum atomic E-state index is 6.54. The molecule has 3 heterocycles. The molecule has 0 amide bonds. The van der Waals surface area contributed by atoms with Gasteiger partial charge in [-0.25, -0.2) is 4.98 Å². The Bertz CT molecular complexity index is 1540. The van der Waals surface area contributed by atoms with Gasteiger partial charge < -0.3 is 25.1 Å². The number of aromatic amines is 2. The van der Waals surface area contributed by atoms with Gasteiger partial charge in [-0.2, -0.15) is 0 Å². The highest BCUT2D eigenvalue weighted by atomic mass is 35.5. The van der Waals surface area contributed by atoms with Crippen molar-refractivity contribution in [3.8, 4) is 22.6 Å².